The summed E-state index contributed by atoms with van der Waals surface area (Å²) in [6.07, 6.45) is 0. The highest BCUT2D eigenvalue weighted by Gasteiger charge is 2.27. The molecule has 1 atom stereocenters. The first-order valence-corrected chi connectivity index (χ1v) is 8.19. The maximum absolute atomic E-state index is 12.0. The molecule has 0 radical (unpaired) electrons. The third kappa shape index (κ3) is 6.84. The van der Waals surface area contributed by atoms with Crippen molar-refractivity contribution in [2.45, 2.75) is 33.7 Å². The quantitative estimate of drug-likeness (QED) is 0.342. The Balaban J connectivity index is 0.00000529. The summed E-state index contributed by atoms with van der Waals surface area (Å²) < 4.78 is 0. The maximum atomic E-state index is 12.0. The van der Waals surface area contributed by atoms with Crippen LogP contribution < -0.4 is 16.0 Å². The zero-order valence-corrected chi connectivity index (χ0v) is 18.0. The Morgan fingerprint density at radius 3 is 2.46 bits per heavy atom. The van der Waals surface area contributed by atoms with E-state index in [9.17, 15) is 4.79 Å². The van der Waals surface area contributed by atoms with E-state index in [0.717, 1.165) is 5.56 Å². The lowest BCUT2D eigenvalue weighted by Gasteiger charge is -2.26. The second-order valence-corrected chi connectivity index (χ2v) is 6.46. The van der Waals surface area contributed by atoms with E-state index in [1.807, 2.05) is 52.0 Å². The second-order valence-electron chi connectivity index (χ2n) is 6.06. The molecule has 3 N–H and O–H groups in total. The Labute approximate surface area is 167 Å². The summed E-state index contributed by atoms with van der Waals surface area (Å²) in [7, 11) is 1.70. The van der Waals surface area contributed by atoms with Gasteiger partial charge in [-0.25, -0.2) is 0 Å². The summed E-state index contributed by atoms with van der Waals surface area (Å²) in [4.78, 5) is 16.2. The number of benzene rings is 1. The number of carbonyl (C=O) groups excluding carboxylic acids is 1. The number of nitrogens with zero attached hydrogens (tertiary/aromatic N) is 1. The minimum atomic E-state index is -0.527. The van der Waals surface area contributed by atoms with Gasteiger partial charge in [0, 0.05) is 25.2 Å². The van der Waals surface area contributed by atoms with Gasteiger partial charge in [0.2, 0.25) is 5.91 Å². The molecule has 0 bridgehead atoms. The van der Waals surface area contributed by atoms with Gasteiger partial charge in [0.1, 0.15) is 0 Å². The largest absolute Gasteiger partial charge is 0.356 e. The molecular formula is C17H28ClIN4O. The molecule has 0 fully saturated rings. The molecule has 136 valence electrons. The van der Waals surface area contributed by atoms with E-state index < -0.39 is 5.41 Å². The van der Waals surface area contributed by atoms with E-state index in [0.29, 0.717) is 24.1 Å². The van der Waals surface area contributed by atoms with E-state index in [4.69, 9.17) is 11.6 Å². The number of rotatable bonds is 6. The van der Waals surface area contributed by atoms with Crippen molar-refractivity contribution < 1.29 is 4.79 Å². The first-order chi connectivity index (χ1) is 10.8. The second kappa shape index (κ2) is 10.8. The molecule has 0 heterocycles. The molecule has 0 saturated carbocycles. The number of aliphatic imine (C=N–C) groups is 1. The fourth-order valence-electron chi connectivity index (χ4n) is 2.09. The molecule has 24 heavy (non-hydrogen) atoms. The highest BCUT2D eigenvalue weighted by atomic mass is 127. The van der Waals surface area contributed by atoms with Gasteiger partial charge in [0.25, 0.3) is 0 Å². The topological polar surface area (TPSA) is 65.5 Å². The molecule has 1 aromatic rings. The van der Waals surface area contributed by atoms with Crippen LogP contribution in [0.4, 0.5) is 0 Å². The van der Waals surface area contributed by atoms with Crippen LogP contribution in [0, 0.1) is 5.41 Å². The molecule has 7 heteroatoms. The van der Waals surface area contributed by atoms with Gasteiger partial charge in [-0.05, 0) is 39.3 Å². The SMILES string of the molecule is CCNC(=O)C(C)(C)CNC(=NC)NC(C)c1ccccc1Cl.I. The molecule has 0 aliphatic heterocycles. The molecule has 0 aromatic heterocycles. The Morgan fingerprint density at radius 1 is 1.29 bits per heavy atom. The lowest BCUT2D eigenvalue weighted by Crippen LogP contribution is -2.48. The monoisotopic (exact) mass is 466 g/mol. The standard InChI is InChI=1S/C17H27ClN4O.HI/c1-6-20-15(23)17(3,4)11-21-16(19-5)22-12(2)13-9-7-8-10-14(13)18;/h7-10,12H,6,11H2,1-5H3,(H,20,23)(H2,19,21,22);1H. The molecule has 1 amide bonds. The predicted molar refractivity (Wildman–Crippen MR) is 112 cm³/mol. The number of nitrogens with one attached hydrogen (secondary N) is 3. The van der Waals surface area contributed by atoms with Gasteiger partial charge in [-0.2, -0.15) is 0 Å². The summed E-state index contributed by atoms with van der Waals surface area (Å²) >= 11 is 6.22. The molecule has 1 rings (SSSR count). The van der Waals surface area contributed by atoms with Crippen molar-refractivity contribution in [3.05, 3.63) is 34.9 Å². The van der Waals surface area contributed by atoms with E-state index >= 15 is 0 Å². The van der Waals surface area contributed by atoms with Crippen LogP contribution in [0.25, 0.3) is 0 Å². The van der Waals surface area contributed by atoms with E-state index in [2.05, 4.69) is 20.9 Å². The lowest BCUT2D eigenvalue weighted by atomic mass is 9.92. The summed E-state index contributed by atoms with van der Waals surface area (Å²) in [5, 5.41) is 10.1. The van der Waals surface area contributed by atoms with Crippen LogP contribution in [0.5, 0.6) is 0 Å². The fraction of sp³-hybridized carbons (Fsp3) is 0.529. The summed E-state index contributed by atoms with van der Waals surface area (Å²) in [6, 6.07) is 7.70. The summed E-state index contributed by atoms with van der Waals surface area (Å²) in [5.74, 6) is 0.650. The first-order valence-electron chi connectivity index (χ1n) is 7.81. The molecule has 1 aromatic carbocycles. The van der Waals surface area contributed by atoms with Crippen molar-refractivity contribution in [2.24, 2.45) is 10.4 Å². The highest BCUT2D eigenvalue weighted by Crippen LogP contribution is 2.22. The van der Waals surface area contributed by atoms with Crippen molar-refractivity contribution in [1.29, 1.82) is 0 Å². The molecule has 0 saturated heterocycles. The van der Waals surface area contributed by atoms with Crippen molar-refractivity contribution in [1.82, 2.24) is 16.0 Å². The number of amides is 1. The minimum Gasteiger partial charge on any atom is -0.356 e. The van der Waals surface area contributed by atoms with Gasteiger partial charge in [0.05, 0.1) is 11.5 Å². The Morgan fingerprint density at radius 2 is 1.92 bits per heavy atom. The molecular weight excluding hydrogens is 439 g/mol. The van der Waals surface area contributed by atoms with Crippen LogP contribution >= 0.6 is 35.6 Å². The lowest BCUT2D eigenvalue weighted by molar-refractivity contribution is -0.128. The maximum Gasteiger partial charge on any atom is 0.227 e. The van der Waals surface area contributed by atoms with Crippen LogP contribution in [0.3, 0.4) is 0 Å². The fourth-order valence-corrected chi connectivity index (χ4v) is 2.39. The van der Waals surface area contributed by atoms with Crippen molar-refractivity contribution in [2.75, 3.05) is 20.1 Å². The Hall–Kier alpha value is -1.02. The zero-order chi connectivity index (χ0) is 17.5. The first kappa shape index (κ1) is 23.0. The third-order valence-corrected chi connectivity index (χ3v) is 3.94. The minimum absolute atomic E-state index is 0. The molecule has 1 unspecified atom stereocenters. The summed E-state index contributed by atoms with van der Waals surface area (Å²) in [6.45, 7) is 8.83. The average molecular weight is 467 g/mol. The van der Waals surface area contributed by atoms with Crippen molar-refractivity contribution >= 4 is 47.4 Å². The smallest absolute Gasteiger partial charge is 0.227 e. The Kier molecular flexibility index (Phi) is 10.3. The molecule has 0 aliphatic carbocycles. The van der Waals surface area contributed by atoms with Crippen LogP contribution in [0.1, 0.15) is 39.3 Å². The summed E-state index contributed by atoms with van der Waals surface area (Å²) in [5.41, 5.74) is 0.474. The predicted octanol–water partition coefficient (Wildman–Crippen LogP) is 3.35. The number of hydrogen-bond donors (Lipinski definition) is 3. The Bertz CT molecular complexity index is 563. The highest BCUT2D eigenvalue weighted by molar-refractivity contribution is 14.0. The average Bonchev–Trinajstić information content (AvgIpc) is 2.51. The number of halogens is 2. The number of hydrogen-bond acceptors (Lipinski definition) is 2. The van der Waals surface area contributed by atoms with Gasteiger partial charge in [-0.3, -0.25) is 9.79 Å². The van der Waals surface area contributed by atoms with Gasteiger partial charge in [-0.15, -0.1) is 24.0 Å². The van der Waals surface area contributed by atoms with E-state index in [-0.39, 0.29) is 35.9 Å². The van der Waals surface area contributed by atoms with Crippen LogP contribution in [-0.4, -0.2) is 32.0 Å². The van der Waals surface area contributed by atoms with Gasteiger partial charge < -0.3 is 16.0 Å². The van der Waals surface area contributed by atoms with Crippen LogP contribution in [0.15, 0.2) is 29.3 Å². The van der Waals surface area contributed by atoms with Gasteiger partial charge in [0.15, 0.2) is 5.96 Å². The molecule has 0 spiro atoms. The molecule has 0 aliphatic rings. The zero-order valence-electron chi connectivity index (χ0n) is 14.9. The number of carbonyl (C=O) groups is 1. The van der Waals surface area contributed by atoms with Crippen molar-refractivity contribution in [3.63, 3.8) is 0 Å². The third-order valence-electron chi connectivity index (χ3n) is 3.60. The number of guanidine groups is 1. The normalized spacial score (nSPS) is 12.8. The van der Waals surface area contributed by atoms with Crippen LogP contribution in [0.2, 0.25) is 5.02 Å². The van der Waals surface area contributed by atoms with Gasteiger partial charge >= 0.3 is 0 Å². The van der Waals surface area contributed by atoms with Crippen LogP contribution in [-0.2, 0) is 4.79 Å². The molecule has 5 nitrogen and oxygen atoms in total. The van der Waals surface area contributed by atoms with E-state index in [1.54, 1.807) is 7.05 Å². The van der Waals surface area contributed by atoms with Gasteiger partial charge in [-0.1, -0.05) is 29.8 Å². The van der Waals surface area contributed by atoms with E-state index in [1.165, 1.54) is 0 Å². The van der Waals surface area contributed by atoms with Crippen molar-refractivity contribution in [3.8, 4) is 0 Å².